The first-order valence-electron chi connectivity index (χ1n) is 14.9. The molecule has 9 nitrogen and oxygen atoms in total. The van der Waals surface area contributed by atoms with Gasteiger partial charge in [-0.1, -0.05) is 6.58 Å². The maximum Gasteiger partial charge on any atom is 0.272 e. The van der Waals surface area contributed by atoms with Gasteiger partial charge in [-0.3, -0.25) is 19.3 Å². The lowest BCUT2D eigenvalue weighted by atomic mass is 9.96. The molecule has 234 valence electrons. The summed E-state index contributed by atoms with van der Waals surface area (Å²) in [6, 6.07) is 7.56. The Hall–Kier alpha value is -4.97. The molecular formula is C34H30F2N6O3S. The van der Waals surface area contributed by atoms with Crippen molar-refractivity contribution in [1.82, 2.24) is 29.5 Å². The summed E-state index contributed by atoms with van der Waals surface area (Å²) in [5.74, 6) is -1.82. The topological polar surface area (TPSA) is 93.5 Å². The largest absolute Gasteiger partial charge is 0.490 e. The quantitative estimate of drug-likeness (QED) is 0.194. The van der Waals surface area contributed by atoms with Gasteiger partial charge in [-0.25, -0.2) is 13.8 Å². The third-order valence-corrected chi connectivity index (χ3v) is 9.17. The van der Waals surface area contributed by atoms with Crippen LogP contribution >= 0.6 is 11.3 Å². The minimum Gasteiger partial charge on any atom is -0.490 e. The van der Waals surface area contributed by atoms with Crippen LogP contribution in [-0.2, 0) is 17.9 Å². The van der Waals surface area contributed by atoms with Crippen LogP contribution in [0.1, 0.15) is 48.6 Å². The van der Waals surface area contributed by atoms with Crippen LogP contribution in [-0.4, -0.2) is 61.1 Å². The van der Waals surface area contributed by atoms with Crippen LogP contribution in [0.25, 0.3) is 43.9 Å². The average molecular weight is 641 g/mol. The van der Waals surface area contributed by atoms with E-state index in [-0.39, 0.29) is 35.3 Å². The number of rotatable bonds is 6. The zero-order valence-corrected chi connectivity index (χ0v) is 26.5. The molecule has 0 N–H and O–H groups in total. The Morgan fingerprint density at radius 2 is 1.93 bits per heavy atom. The molecule has 0 fully saturated rings. The Bertz CT molecular complexity index is 2090. The van der Waals surface area contributed by atoms with Crippen molar-refractivity contribution in [3.05, 3.63) is 83.1 Å². The van der Waals surface area contributed by atoms with Gasteiger partial charge in [-0.15, -0.1) is 11.3 Å². The van der Waals surface area contributed by atoms with E-state index in [0.717, 1.165) is 22.7 Å². The molecule has 0 saturated heterocycles. The highest BCUT2D eigenvalue weighted by Crippen LogP contribution is 2.47. The highest BCUT2D eigenvalue weighted by atomic mass is 32.1. The molecule has 1 aromatic carbocycles. The zero-order chi connectivity index (χ0) is 32.4. The molecule has 12 heteroatoms. The lowest BCUT2D eigenvalue weighted by Crippen LogP contribution is -2.39. The van der Waals surface area contributed by atoms with Gasteiger partial charge in [-0.05, 0) is 50.4 Å². The lowest BCUT2D eigenvalue weighted by Gasteiger charge is -2.31. The van der Waals surface area contributed by atoms with Crippen molar-refractivity contribution in [2.45, 2.75) is 46.0 Å². The predicted octanol–water partition coefficient (Wildman–Crippen LogP) is 6.63. The molecule has 0 aliphatic carbocycles. The summed E-state index contributed by atoms with van der Waals surface area (Å²) < 4.78 is 39.2. The summed E-state index contributed by atoms with van der Waals surface area (Å²) in [6.07, 6.45) is 2.56. The lowest BCUT2D eigenvalue weighted by molar-refractivity contribution is -0.127. The van der Waals surface area contributed by atoms with Gasteiger partial charge in [-0.2, -0.15) is 5.10 Å². The van der Waals surface area contributed by atoms with Crippen LogP contribution in [0.15, 0.2) is 54.6 Å². The van der Waals surface area contributed by atoms with E-state index in [9.17, 15) is 14.0 Å². The van der Waals surface area contributed by atoms with Gasteiger partial charge in [0.2, 0.25) is 5.91 Å². The summed E-state index contributed by atoms with van der Waals surface area (Å²) in [4.78, 5) is 38.0. The molecular weight excluding hydrogens is 610 g/mol. The molecule has 2 aliphatic rings. The van der Waals surface area contributed by atoms with Gasteiger partial charge in [0, 0.05) is 65.2 Å². The summed E-state index contributed by atoms with van der Waals surface area (Å²) in [5.41, 5.74) is 4.59. The summed E-state index contributed by atoms with van der Waals surface area (Å²) in [7, 11) is 1.73. The van der Waals surface area contributed by atoms with Crippen molar-refractivity contribution in [2.24, 2.45) is 0 Å². The Labute approximate surface area is 267 Å². The number of pyridine rings is 2. The molecule has 5 aromatic rings. The summed E-state index contributed by atoms with van der Waals surface area (Å²) in [5, 5.41) is 7.57. The van der Waals surface area contributed by atoms with Crippen molar-refractivity contribution in [3.63, 3.8) is 0 Å². The molecule has 46 heavy (non-hydrogen) atoms. The first kappa shape index (κ1) is 29.7. The van der Waals surface area contributed by atoms with E-state index in [0.29, 0.717) is 58.2 Å². The van der Waals surface area contributed by atoms with Crippen molar-refractivity contribution < 1.29 is 23.1 Å². The highest BCUT2D eigenvalue weighted by Gasteiger charge is 2.31. The van der Waals surface area contributed by atoms with Crippen molar-refractivity contribution in [2.75, 3.05) is 13.6 Å². The average Bonchev–Trinajstić information content (AvgIpc) is 3.73. The number of hydrogen-bond acceptors (Lipinski definition) is 7. The Morgan fingerprint density at radius 3 is 2.70 bits per heavy atom. The first-order valence-corrected chi connectivity index (χ1v) is 15.7. The van der Waals surface area contributed by atoms with E-state index in [1.807, 2.05) is 35.2 Å². The normalized spacial score (nSPS) is 15.9. The molecule has 1 atom stereocenters. The van der Waals surface area contributed by atoms with E-state index in [1.165, 1.54) is 23.5 Å². The Balaban J connectivity index is 1.51. The van der Waals surface area contributed by atoms with Crippen LogP contribution in [0.3, 0.4) is 0 Å². The van der Waals surface area contributed by atoms with E-state index >= 15 is 4.39 Å². The number of amides is 2. The number of hydrogen-bond donors (Lipinski definition) is 0. The minimum atomic E-state index is -0.790. The van der Waals surface area contributed by atoms with E-state index < -0.39 is 11.6 Å². The van der Waals surface area contributed by atoms with Gasteiger partial charge in [0.05, 0.1) is 35.6 Å². The SMILES string of the molecule is C=CC(=O)N1Cc2cc(-c3nc(-c4cnc5c(c4)CN(C)C5=O)c4ccsc4c3-c3c(F)cc(F)cc3OC(C)C)nn2[C@@H](C)C1. The van der Waals surface area contributed by atoms with Crippen LogP contribution in [0, 0.1) is 11.6 Å². The highest BCUT2D eigenvalue weighted by molar-refractivity contribution is 7.18. The fourth-order valence-corrected chi connectivity index (χ4v) is 7.21. The van der Waals surface area contributed by atoms with Crippen molar-refractivity contribution in [1.29, 1.82) is 0 Å². The van der Waals surface area contributed by atoms with Gasteiger partial charge in [0.25, 0.3) is 5.91 Å². The number of benzene rings is 1. The van der Waals surface area contributed by atoms with Crippen LogP contribution in [0.4, 0.5) is 8.78 Å². The number of carbonyl (C=O) groups excluding carboxylic acids is 2. The molecule has 2 amide bonds. The molecule has 0 bridgehead atoms. The fraction of sp³-hybridized carbons (Fsp3) is 0.265. The Morgan fingerprint density at radius 1 is 1.13 bits per heavy atom. The minimum absolute atomic E-state index is 0.0545. The number of halogens is 2. The van der Waals surface area contributed by atoms with Gasteiger partial charge in [0.15, 0.2) is 0 Å². The molecule has 0 spiro atoms. The van der Waals surface area contributed by atoms with E-state index in [1.54, 1.807) is 36.9 Å². The monoisotopic (exact) mass is 640 g/mol. The fourth-order valence-electron chi connectivity index (χ4n) is 6.26. The van der Waals surface area contributed by atoms with Gasteiger partial charge in [0.1, 0.15) is 34.5 Å². The molecule has 0 saturated carbocycles. The van der Waals surface area contributed by atoms with E-state index in [4.69, 9.17) is 14.8 Å². The summed E-state index contributed by atoms with van der Waals surface area (Å²) in [6.45, 7) is 10.4. The molecule has 0 unspecified atom stereocenters. The zero-order valence-electron chi connectivity index (χ0n) is 25.7. The van der Waals surface area contributed by atoms with Crippen LogP contribution in [0.5, 0.6) is 5.75 Å². The van der Waals surface area contributed by atoms with Crippen molar-refractivity contribution in [3.8, 4) is 39.5 Å². The molecule has 2 aliphatic heterocycles. The second kappa shape index (κ2) is 11.1. The second-order valence-corrected chi connectivity index (χ2v) is 12.8. The third-order valence-electron chi connectivity index (χ3n) is 8.23. The number of aromatic nitrogens is 4. The Kier molecular flexibility index (Phi) is 7.19. The van der Waals surface area contributed by atoms with Gasteiger partial charge < -0.3 is 14.5 Å². The number of nitrogens with zero attached hydrogens (tertiary/aromatic N) is 6. The number of thiophene rings is 1. The number of carbonyl (C=O) groups is 2. The molecule has 7 rings (SSSR count). The maximum atomic E-state index is 16.0. The third kappa shape index (κ3) is 4.84. The van der Waals surface area contributed by atoms with Crippen LogP contribution < -0.4 is 4.74 Å². The van der Waals surface area contributed by atoms with Crippen LogP contribution in [0.2, 0.25) is 0 Å². The summed E-state index contributed by atoms with van der Waals surface area (Å²) >= 11 is 1.40. The van der Waals surface area contributed by atoms with Crippen molar-refractivity contribution >= 4 is 33.2 Å². The predicted molar refractivity (Wildman–Crippen MR) is 171 cm³/mol. The van der Waals surface area contributed by atoms with Gasteiger partial charge >= 0.3 is 0 Å². The molecule has 0 radical (unpaired) electrons. The smallest absolute Gasteiger partial charge is 0.272 e. The molecule has 6 heterocycles. The van der Waals surface area contributed by atoms with E-state index in [2.05, 4.69) is 11.6 Å². The molecule has 4 aromatic heterocycles. The number of fused-ring (bicyclic) bond motifs is 3. The second-order valence-electron chi connectivity index (χ2n) is 11.9. The standard InChI is InChI=1S/C34H30F2N6O3S/c1-6-27(43)41-14-18(4)42-22(16-41)12-25(39-42)32-29(28-24(36)10-21(35)11-26(28)45-17(2)3)33-23(7-8-46-33)30(38-32)19-9-20-15-40(5)34(44)31(20)37-13-19/h6-13,17-18H,1,14-16H2,2-5H3/t18-/m0/s1. The number of ether oxygens (including phenoxy) is 1. The maximum absolute atomic E-state index is 16.0. The first-order chi connectivity index (χ1) is 22.0.